The van der Waals surface area contributed by atoms with Gasteiger partial charge in [0.25, 0.3) is 0 Å². The highest BCUT2D eigenvalue weighted by molar-refractivity contribution is 5.87. The summed E-state index contributed by atoms with van der Waals surface area (Å²) in [4.78, 5) is 32.7. The van der Waals surface area contributed by atoms with Gasteiger partial charge in [-0.15, -0.1) is 0 Å². The van der Waals surface area contributed by atoms with Crippen LogP contribution in [0, 0.1) is 6.92 Å². The van der Waals surface area contributed by atoms with Gasteiger partial charge in [0.2, 0.25) is 11.9 Å². The number of carbonyl (C=O) groups excluding carboxylic acids is 1. The van der Waals surface area contributed by atoms with Gasteiger partial charge in [0, 0.05) is 37.9 Å². The number of aryl methyl sites for hydroxylation is 1. The van der Waals surface area contributed by atoms with E-state index in [9.17, 15) is 44.3 Å². The monoisotopic (exact) mass is 645 g/mol. The molecule has 3 N–H and O–H groups in total. The molecule has 1 amide bonds. The second-order valence-electron chi connectivity index (χ2n) is 11.0. The number of carboxylic acid groups (broad SMARTS) is 1. The Morgan fingerprint density at radius 3 is 1.64 bits per heavy atom. The summed E-state index contributed by atoms with van der Waals surface area (Å²) in [7, 11) is 3.76. The zero-order valence-electron chi connectivity index (χ0n) is 24.3. The van der Waals surface area contributed by atoms with Crippen LogP contribution in [0.3, 0.4) is 0 Å². The maximum atomic E-state index is 13.3. The molecule has 44 heavy (non-hydrogen) atoms. The van der Waals surface area contributed by atoms with Gasteiger partial charge >= 0.3 is 24.5 Å². The van der Waals surface area contributed by atoms with E-state index in [1.54, 1.807) is 0 Å². The highest BCUT2D eigenvalue weighted by atomic mass is 19.4. The van der Waals surface area contributed by atoms with E-state index in [1.807, 2.05) is 32.0 Å². The van der Waals surface area contributed by atoms with E-state index in [0.29, 0.717) is 43.8 Å². The number of amides is 1. The molecular weight excluding hydrogens is 613 g/mol. The average Bonchev–Trinajstić information content (AvgIpc) is 2.88. The third kappa shape index (κ3) is 10.1. The molecule has 246 valence electrons. The molecule has 0 aliphatic heterocycles. The Morgan fingerprint density at radius 2 is 1.23 bits per heavy atom. The topological polar surface area (TPSA) is 107 Å². The molecule has 0 unspecified atom stereocenters. The van der Waals surface area contributed by atoms with E-state index in [-0.39, 0.29) is 23.7 Å². The summed E-state index contributed by atoms with van der Waals surface area (Å²) in [6.45, 7) is 4.52. The fourth-order valence-corrected chi connectivity index (χ4v) is 4.22. The van der Waals surface area contributed by atoms with Crippen molar-refractivity contribution in [1.29, 1.82) is 0 Å². The number of alkyl halides is 9. The van der Waals surface area contributed by atoms with Crippen LogP contribution in [-0.4, -0.2) is 59.3 Å². The van der Waals surface area contributed by atoms with Crippen molar-refractivity contribution in [1.82, 2.24) is 15.3 Å². The van der Waals surface area contributed by atoms with Gasteiger partial charge in [0.1, 0.15) is 5.82 Å². The SMILES string of the molecule is Cc1cc(N(C)C)nc(N[C@H]2CC[C@@H](NC(=O)C(C)(C)c3cc(C(F)(F)F)cc(C(F)(F)F)c3)CC2)n1.O=C(O)C(F)(F)F. The molecule has 0 bridgehead atoms. The molecule has 1 aliphatic rings. The molecule has 1 heterocycles. The lowest BCUT2D eigenvalue weighted by Gasteiger charge is -2.33. The number of hydrogen-bond acceptors (Lipinski definition) is 6. The zero-order valence-corrected chi connectivity index (χ0v) is 24.3. The summed E-state index contributed by atoms with van der Waals surface area (Å²) >= 11 is 0. The van der Waals surface area contributed by atoms with Gasteiger partial charge in [-0.1, -0.05) is 0 Å². The number of aliphatic carboxylic acids is 1. The lowest BCUT2D eigenvalue weighted by atomic mass is 9.81. The van der Waals surface area contributed by atoms with E-state index in [2.05, 4.69) is 20.6 Å². The first-order valence-corrected chi connectivity index (χ1v) is 13.1. The predicted octanol–water partition coefficient (Wildman–Crippen LogP) is 6.34. The van der Waals surface area contributed by atoms with Crippen molar-refractivity contribution in [3.05, 3.63) is 46.6 Å². The fraction of sp³-hybridized carbons (Fsp3) is 0.556. The molecule has 1 saturated carbocycles. The van der Waals surface area contributed by atoms with Crippen molar-refractivity contribution in [2.45, 2.75) is 82.5 Å². The van der Waals surface area contributed by atoms with Gasteiger partial charge in [-0.2, -0.15) is 44.5 Å². The Labute approximate surface area is 247 Å². The van der Waals surface area contributed by atoms with Crippen LogP contribution in [0.4, 0.5) is 51.3 Å². The summed E-state index contributed by atoms with van der Waals surface area (Å²) in [5.74, 6) is -2.12. The number of carboxylic acids is 1. The van der Waals surface area contributed by atoms with Crippen molar-refractivity contribution in [3.63, 3.8) is 0 Å². The largest absolute Gasteiger partial charge is 0.490 e. The molecule has 1 aliphatic carbocycles. The highest BCUT2D eigenvalue weighted by Gasteiger charge is 2.41. The van der Waals surface area contributed by atoms with E-state index < -0.39 is 46.9 Å². The molecule has 1 aromatic carbocycles. The van der Waals surface area contributed by atoms with Gasteiger partial charge < -0.3 is 20.6 Å². The quantitative estimate of drug-likeness (QED) is 0.315. The smallest absolute Gasteiger partial charge is 0.475 e. The highest BCUT2D eigenvalue weighted by Crippen LogP contribution is 2.39. The van der Waals surface area contributed by atoms with Gasteiger partial charge in [-0.05, 0) is 70.2 Å². The molecule has 0 spiro atoms. The Bertz CT molecular complexity index is 1290. The minimum Gasteiger partial charge on any atom is -0.475 e. The molecular formula is C27H32F9N5O3. The molecule has 8 nitrogen and oxygen atoms in total. The zero-order chi connectivity index (χ0) is 33.8. The van der Waals surface area contributed by atoms with Gasteiger partial charge in [0.05, 0.1) is 16.5 Å². The minimum atomic E-state index is -5.08. The molecule has 0 atom stereocenters. The molecule has 0 saturated heterocycles. The van der Waals surface area contributed by atoms with Gasteiger partial charge in [-0.3, -0.25) is 4.79 Å². The summed E-state index contributed by atoms with van der Waals surface area (Å²) in [5, 5.41) is 13.3. The van der Waals surface area contributed by atoms with Crippen molar-refractivity contribution >= 4 is 23.6 Å². The summed E-state index contributed by atoms with van der Waals surface area (Å²) < 4.78 is 111. The standard InChI is InChI=1S/C25H31F6N5O.C2HF3O2/c1-14-10-20(36(4)5)35-22(32-14)34-19-8-6-18(7-9-19)33-21(37)23(2,3)15-11-16(24(26,27)28)13-17(12-15)25(29,30)31;3-2(4,5)1(6)7/h10-13,18-19H,6-9H2,1-5H3,(H,33,37)(H,32,34,35);(H,6,7)/t18-,19+;. The van der Waals surface area contributed by atoms with Gasteiger partial charge in [0.15, 0.2) is 0 Å². The maximum absolute atomic E-state index is 13.3. The van der Waals surface area contributed by atoms with Gasteiger partial charge in [-0.25, -0.2) is 9.78 Å². The van der Waals surface area contributed by atoms with E-state index >= 15 is 0 Å². The third-order valence-electron chi connectivity index (χ3n) is 6.81. The van der Waals surface area contributed by atoms with E-state index in [0.717, 1.165) is 11.5 Å². The van der Waals surface area contributed by atoms with E-state index in [1.165, 1.54) is 13.8 Å². The van der Waals surface area contributed by atoms with Crippen LogP contribution >= 0.6 is 0 Å². The fourth-order valence-electron chi connectivity index (χ4n) is 4.22. The molecule has 3 rings (SSSR count). The number of hydrogen-bond donors (Lipinski definition) is 3. The number of rotatable bonds is 6. The third-order valence-corrected chi connectivity index (χ3v) is 6.81. The second kappa shape index (κ2) is 13.5. The summed E-state index contributed by atoms with van der Waals surface area (Å²) in [6.07, 6.45) is -12.5. The first-order chi connectivity index (χ1) is 19.9. The van der Waals surface area contributed by atoms with Crippen molar-refractivity contribution in [3.8, 4) is 0 Å². The van der Waals surface area contributed by atoms with Crippen LogP contribution in [0.5, 0.6) is 0 Å². The first kappa shape index (κ1) is 36.4. The van der Waals surface area contributed by atoms with Crippen LogP contribution in [-0.2, 0) is 27.4 Å². The van der Waals surface area contributed by atoms with Crippen LogP contribution < -0.4 is 15.5 Å². The Hall–Kier alpha value is -3.79. The molecule has 1 aromatic heterocycles. The summed E-state index contributed by atoms with van der Waals surface area (Å²) in [6, 6.07) is 2.95. The normalized spacial score (nSPS) is 17.7. The predicted molar refractivity (Wildman–Crippen MR) is 142 cm³/mol. The van der Waals surface area contributed by atoms with Crippen LogP contribution in [0.15, 0.2) is 24.3 Å². The number of halogens is 9. The van der Waals surface area contributed by atoms with E-state index in [4.69, 9.17) is 9.90 Å². The average molecular weight is 646 g/mol. The number of benzene rings is 1. The number of aromatic nitrogens is 2. The molecule has 0 radical (unpaired) electrons. The van der Waals surface area contributed by atoms with Crippen molar-refractivity contribution < 1.29 is 54.2 Å². The molecule has 1 fully saturated rings. The Balaban J connectivity index is 0.000000860. The number of nitrogens with zero attached hydrogens (tertiary/aromatic N) is 3. The minimum absolute atomic E-state index is 0.0607. The van der Waals surface area contributed by atoms with Crippen LogP contribution in [0.2, 0.25) is 0 Å². The molecule has 17 heteroatoms. The first-order valence-electron chi connectivity index (χ1n) is 13.1. The van der Waals surface area contributed by atoms with Crippen LogP contribution in [0.25, 0.3) is 0 Å². The van der Waals surface area contributed by atoms with Crippen molar-refractivity contribution in [2.75, 3.05) is 24.3 Å². The Morgan fingerprint density at radius 1 is 0.795 bits per heavy atom. The number of carbonyl (C=O) groups is 2. The van der Waals surface area contributed by atoms with Crippen LogP contribution in [0.1, 0.15) is 61.9 Å². The van der Waals surface area contributed by atoms with Crippen molar-refractivity contribution in [2.24, 2.45) is 0 Å². The maximum Gasteiger partial charge on any atom is 0.490 e. The number of anilines is 2. The lowest BCUT2D eigenvalue weighted by Crippen LogP contribution is -2.47. The Kier molecular flexibility index (Phi) is 11.1. The number of nitrogens with one attached hydrogen (secondary N) is 2. The summed E-state index contributed by atoms with van der Waals surface area (Å²) in [5.41, 5.74) is -4.04. The second-order valence-corrected chi connectivity index (χ2v) is 11.0. The lowest BCUT2D eigenvalue weighted by molar-refractivity contribution is -0.192. The molecule has 2 aromatic rings.